The molecule has 0 bridgehead atoms. The highest BCUT2D eigenvalue weighted by Crippen LogP contribution is 2.39. The summed E-state index contributed by atoms with van der Waals surface area (Å²) in [4.78, 5) is 0. The largest absolute Gasteiger partial charge is 0.465 e. The molecule has 0 spiro atoms. The molecule has 0 radical (unpaired) electrons. The summed E-state index contributed by atoms with van der Waals surface area (Å²) in [7, 11) is 0. The van der Waals surface area contributed by atoms with Gasteiger partial charge in [-0.3, -0.25) is 0 Å². The Morgan fingerprint density at radius 3 is 2.73 bits per heavy atom. The van der Waals surface area contributed by atoms with Crippen molar-refractivity contribution in [2.75, 3.05) is 6.61 Å². The Hall–Kier alpha value is -0.800. The van der Waals surface area contributed by atoms with Crippen molar-refractivity contribution in [1.29, 1.82) is 0 Å². The lowest BCUT2D eigenvalue weighted by Gasteiger charge is -2.28. The second-order valence-electron chi connectivity index (χ2n) is 4.72. The molecule has 1 heterocycles. The van der Waals surface area contributed by atoms with E-state index < -0.39 is 0 Å². The van der Waals surface area contributed by atoms with Crippen LogP contribution in [0.2, 0.25) is 0 Å². The molecule has 0 aliphatic heterocycles. The van der Waals surface area contributed by atoms with Crippen molar-refractivity contribution in [3.05, 3.63) is 23.7 Å². The fourth-order valence-electron chi connectivity index (χ4n) is 1.92. The van der Waals surface area contributed by atoms with Gasteiger partial charge in [0.05, 0.1) is 13.2 Å². The van der Waals surface area contributed by atoms with Crippen molar-refractivity contribution < 1.29 is 9.52 Å². The van der Waals surface area contributed by atoms with Crippen molar-refractivity contribution in [1.82, 2.24) is 5.32 Å². The number of aryl methyl sites for hydroxylation is 1. The van der Waals surface area contributed by atoms with Crippen LogP contribution < -0.4 is 5.32 Å². The number of hydrogen-bond donors (Lipinski definition) is 2. The molecule has 2 rings (SSSR count). The van der Waals surface area contributed by atoms with Crippen LogP contribution in [0.5, 0.6) is 0 Å². The van der Waals surface area contributed by atoms with E-state index in [1.165, 1.54) is 12.8 Å². The lowest BCUT2D eigenvalue weighted by Crippen LogP contribution is -2.47. The Labute approximate surface area is 90.5 Å². The van der Waals surface area contributed by atoms with E-state index in [-0.39, 0.29) is 12.1 Å². The molecule has 1 aromatic rings. The smallest absolute Gasteiger partial charge is 0.117 e. The van der Waals surface area contributed by atoms with Gasteiger partial charge >= 0.3 is 0 Å². The van der Waals surface area contributed by atoms with Gasteiger partial charge in [-0.2, -0.15) is 0 Å². The van der Waals surface area contributed by atoms with Gasteiger partial charge in [0.2, 0.25) is 0 Å². The summed E-state index contributed by atoms with van der Waals surface area (Å²) in [6.45, 7) is 4.91. The second-order valence-corrected chi connectivity index (χ2v) is 4.72. The summed E-state index contributed by atoms with van der Waals surface area (Å²) in [6.07, 6.45) is 2.45. The van der Waals surface area contributed by atoms with E-state index in [0.29, 0.717) is 12.5 Å². The highest BCUT2D eigenvalue weighted by atomic mass is 16.3. The van der Waals surface area contributed by atoms with Crippen molar-refractivity contribution in [2.24, 2.45) is 5.92 Å². The molecule has 0 amide bonds. The molecule has 3 nitrogen and oxygen atoms in total. The van der Waals surface area contributed by atoms with Gasteiger partial charge in [0.15, 0.2) is 0 Å². The average Bonchev–Trinajstić information content (AvgIpc) is 3.00. The van der Waals surface area contributed by atoms with E-state index >= 15 is 0 Å². The standard InChI is InChI=1S/C12H19NO2/c1-9-3-6-11(15-9)7-13-12(2,8-14)10-4-5-10/h3,6,10,13-14H,4-5,7-8H2,1-2H3. The van der Waals surface area contributed by atoms with Crippen LogP contribution in [-0.4, -0.2) is 17.3 Å². The summed E-state index contributed by atoms with van der Waals surface area (Å²) in [5, 5.41) is 12.8. The molecule has 2 N–H and O–H groups in total. The van der Waals surface area contributed by atoms with E-state index in [1.54, 1.807) is 0 Å². The minimum Gasteiger partial charge on any atom is -0.465 e. The third-order valence-corrected chi connectivity index (χ3v) is 3.27. The molecule has 3 heteroatoms. The third-order valence-electron chi connectivity index (χ3n) is 3.27. The van der Waals surface area contributed by atoms with Gasteiger partial charge in [-0.15, -0.1) is 0 Å². The van der Waals surface area contributed by atoms with Gasteiger partial charge in [0, 0.05) is 5.54 Å². The molecule has 1 fully saturated rings. The summed E-state index contributed by atoms with van der Waals surface area (Å²) < 4.78 is 5.48. The fraction of sp³-hybridized carbons (Fsp3) is 0.667. The van der Waals surface area contributed by atoms with Crippen molar-refractivity contribution in [3.8, 4) is 0 Å². The second kappa shape index (κ2) is 3.99. The van der Waals surface area contributed by atoms with Crippen molar-refractivity contribution in [2.45, 2.75) is 38.8 Å². The zero-order valence-electron chi connectivity index (χ0n) is 9.42. The predicted molar refractivity (Wildman–Crippen MR) is 58.5 cm³/mol. The van der Waals surface area contributed by atoms with Crippen molar-refractivity contribution in [3.63, 3.8) is 0 Å². The summed E-state index contributed by atoms with van der Waals surface area (Å²) in [5.74, 6) is 2.50. The van der Waals surface area contributed by atoms with E-state index in [1.807, 2.05) is 19.1 Å². The highest BCUT2D eigenvalue weighted by molar-refractivity contribution is 5.07. The number of aliphatic hydroxyl groups is 1. The molecule has 1 unspecified atom stereocenters. The Balaban J connectivity index is 1.91. The molecule has 1 saturated carbocycles. The summed E-state index contributed by atoms with van der Waals surface area (Å²) in [5.41, 5.74) is -0.138. The minimum absolute atomic E-state index is 0.138. The Morgan fingerprint density at radius 2 is 2.27 bits per heavy atom. The van der Waals surface area contributed by atoms with Crippen molar-refractivity contribution >= 4 is 0 Å². The van der Waals surface area contributed by atoms with Gasteiger partial charge in [0.1, 0.15) is 11.5 Å². The molecule has 1 aliphatic rings. The topological polar surface area (TPSA) is 45.4 Å². The first-order chi connectivity index (χ1) is 7.14. The maximum absolute atomic E-state index is 9.39. The molecule has 1 aromatic heterocycles. The van der Waals surface area contributed by atoms with Crippen LogP contribution in [0, 0.1) is 12.8 Å². The third kappa shape index (κ3) is 2.41. The van der Waals surface area contributed by atoms with Gasteiger partial charge in [-0.25, -0.2) is 0 Å². The van der Waals surface area contributed by atoms with Crippen LogP contribution in [0.15, 0.2) is 16.5 Å². The predicted octanol–water partition coefficient (Wildman–Crippen LogP) is 1.84. The number of nitrogens with one attached hydrogen (secondary N) is 1. The van der Waals surface area contributed by atoms with Crippen LogP contribution in [0.1, 0.15) is 31.3 Å². The molecule has 15 heavy (non-hydrogen) atoms. The minimum atomic E-state index is -0.138. The summed E-state index contributed by atoms with van der Waals surface area (Å²) in [6, 6.07) is 3.94. The lowest BCUT2D eigenvalue weighted by atomic mass is 9.97. The quantitative estimate of drug-likeness (QED) is 0.777. The Kier molecular flexibility index (Phi) is 2.85. The monoisotopic (exact) mass is 209 g/mol. The molecule has 1 aliphatic carbocycles. The summed E-state index contributed by atoms with van der Waals surface area (Å²) >= 11 is 0. The van der Waals surface area contributed by atoms with E-state index in [2.05, 4.69) is 12.2 Å². The van der Waals surface area contributed by atoms with Gasteiger partial charge in [-0.05, 0) is 44.7 Å². The number of rotatable bonds is 5. The van der Waals surface area contributed by atoms with Gasteiger partial charge < -0.3 is 14.8 Å². The molecular formula is C12H19NO2. The van der Waals surface area contributed by atoms with E-state index in [9.17, 15) is 5.11 Å². The maximum Gasteiger partial charge on any atom is 0.117 e. The normalized spacial score (nSPS) is 20.2. The Bertz CT molecular complexity index is 330. The van der Waals surface area contributed by atoms with E-state index in [4.69, 9.17) is 4.42 Å². The SMILES string of the molecule is Cc1ccc(CNC(C)(CO)C2CC2)o1. The molecule has 1 atom stereocenters. The molecule has 84 valence electrons. The first-order valence-electron chi connectivity index (χ1n) is 5.55. The zero-order valence-corrected chi connectivity index (χ0v) is 9.42. The lowest BCUT2D eigenvalue weighted by molar-refractivity contribution is 0.151. The molecule has 0 saturated heterocycles. The Morgan fingerprint density at radius 1 is 1.53 bits per heavy atom. The molecular weight excluding hydrogens is 190 g/mol. The average molecular weight is 209 g/mol. The van der Waals surface area contributed by atoms with Crippen LogP contribution >= 0.6 is 0 Å². The van der Waals surface area contributed by atoms with Crippen LogP contribution in [-0.2, 0) is 6.54 Å². The number of furan rings is 1. The van der Waals surface area contributed by atoms with Crippen LogP contribution in [0.25, 0.3) is 0 Å². The fourth-order valence-corrected chi connectivity index (χ4v) is 1.92. The van der Waals surface area contributed by atoms with Crippen LogP contribution in [0.3, 0.4) is 0 Å². The van der Waals surface area contributed by atoms with Gasteiger partial charge in [0.25, 0.3) is 0 Å². The zero-order chi connectivity index (χ0) is 10.9. The first kappa shape index (κ1) is 10.7. The maximum atomic E-state index is 9.39. The number of aliphatic hydroxyl groups excluding tert-OH is 1. The van der Waals surface area contributed by atoms with Crippen LogP contribution in [0.4, 0.5) is 0 Å². The molecule has 0 aromatic carbocycles. The highest BCUT2D eigenvalue weighted by Gasteiger charge is 2.40. The van der Waals surface area contributed by atoms with Gasteiger partial charge in [-0.1, -0.05) is 0 Å². The van der Waals surface area contributed by atoms with E-state index in [0.717, 1.165) is 11.5 Å². The first-order valence-corrected chi connectivity index (χ1v) is 5.55. The number of hydrogen-bond acceptors (Lipinski definition) is 3.